The second-order valence-corrected chi connectivity index (χ2v) is 9.31. The Hall–Kier alpha value is -2.80. The molecule has 0 bridgehead atoms. The number of amides is 1. The molecule has 0 saturated carbocycles. The molecule has 7 heteroatoms. The summed E-state index contributed by atoms with van der Waals surface area (Å²) in [6.45, 7) is 6.85. The van der Waals surface area contributed by atoms with Gasteiger partial charge in [0.25, 0.3) is 5.22 Å². The molecule has 1 amide bonds. The summed E-state index contributed by atoms with van der Waals surface area (Å²) >= 11 is 1.37. The van der Waals surface area contributed by atoms with Crippen molar-refractivity contribution in [1.29, 1.82) is 0 Å². The molecule has 31 heavy (non-hydrogen) atoms. The van der Waals surface area contributed by atoms with E-state index in [0.717, 1.165) is 49.1 Å². The number of nitrogens with zero attached hydrogens (tertiary/aromatic N) is 4. The molecule has 6 nitrogen and oxygen atoms in total. The zero-order valence-electron chi connectivity index (χ0n) is 17.9. The van der Waals surface area contributed by atoms with Crippen molar-refractivity contribution in [3.05, 3.63) is 53.9 Å². The lowest BCUT2D eigenvalue weighted by atomic mass is 9.96. The predicted molar refractivity (Wildman–Crippen MR) is 123 cm³/mol. The third kappa shape index (κ3) is 4.19. The van der Waals surface area contributed by atoms with Crippen molar-refractivity contribution in [2.24, 2.45) is 5.92 Å². The monoisotopic (exact) mass is 434 g/mol. The highest BCUT2D eigenvalue weighted by molar-refractivity contribution is 7.99. The minimum absolute atomic E-state index is 0.157. The second kappa shape index (κ2) is 8.38. The summed E-state index contributed by atoms with van der Waals surface area (Å²) in [5.41, 5.74) is 6.43. The number of piperidine rings is 1. The van der Waals surface area contributed by atoms with E-state index < -0.39 is 0 Å². The van der Waals surface area contributed by atoms with Crippen LogP contribution >= 0.6 is 11.8 Å². The van der Waals surface area contributed by atoms with Crippen LogP contribution in [0.25, 0.3) is 22.1 Å². The zero-order valence-corrected chi connectivity index (χ0v) is 18.7. The number of aryl methyl sites for hydroxylation is 2. The highest BCUT2D eigenvalue weighted by Gasteiger charge is 2.24. The number of hydrogen-bond donors (Lipinski definition) is 0. The van der Waals surface area contributed by atoms with Crippen LogP contribution in [-0.2, 0) is 11.3 Å². The van der Waals surface area contributed by atoms with Gasteiger partial charge in [-0.1, -0.05) is 23.9 Å². The number of rotatable bonds is 5. The fraction of sp³-hybridized carbons (Fsp3) is 0.375. The Labute approximate surface area is 185 Å². The van der Waals surface area contributed by atoms with Gasteiger partial charge in [-0.05, 0) is 68.0 Å². The molecule has 0 unspecified atom stereocenters. The molecule has 0 N–H and O–H groups in total. The fourth-order valence-corrected chi connectivity index (χ4v) is 4.97. The molecule has 0 atom stereocenters. The summed E-state index contributed by atoms with van der Waals surface area (Å²) in [4.78, 5) is 23.7. The van der Waals surface area contributed by atoms with Crippen molar-refractivity contribution in [3.63, 3.8) is 0 Å². The smallest absolute Gasteiger partial charge is 0.257 e. The molecule has 1 aliphatic heterocycles. The molecule has 0 radical (unpaired) electrons. The highest BCUT2D eigenvalue weighted by atomic mass is 32.2. The first kappa shape index (κ1) is 20.1. The Balaban J connectivity index is 1.15. The Morgan fingerprint density at radius 2 is 1.90 bits per heavy atom. The van der Waals surface area contributed by atoms with Gasteiger partial charge in [0.1, 0.15) is 5.52 Å². The van der Waals surface area contributed by atoms with Crippen molar-refractivity contribution in [2.45, 2.75) is 38.5 Å². The number of carbonyl (C=O) groups excluding carboxylic acids is 1. The summed E-state index contributed by atoms with van der Waals surface area (Å²) < 4.78 is 7.98. The molecule has 160 valence electrons. The van der Waals surface area contributed by atoms with Crippen LogP contribution in [0.5, 0.6) is 0 Å². The molecule has 5 rings (SSSR count). The molecule has 1 saturated heterocycles. The van der Waals surface area contributed by atoms with E-state index in [1.54, 1.807) is 0 Å². The Morgan fingerprint density at radius 3 is 2.71 bits per heavy atom. The Bertz CT molecular complexity index is 1200. The Morgan fingerprint density at radius 1 is 1.13 bits per heavy atom. The second-order valence-electron chi connectivity index (χ2n) is 8.38. The SMILES string of the molecule is Cc1cc2ncn(CC3CCN(C(=O)CSc4nc5ccccc5o4)CC3)c2cc1C. The van der Waals surface area contributed by atoms with Crippen LogP contribution < -0.4 is 0 Å². The lowest BCUT2D eigenvalue weighted by Crippen LogP contribution is -2.40. The normalized spacial score (nSPS) is 15.2. The summed E-state index contributed by atoms with van der Waals surface area (Å²) in [7, 11) is 0. The van der Waals surface area contributed by atoms with Crippen LogP contribution in [0.2, 0.25) is 0 Å². The summed E-state index contributed by atoms with van der Waals surface area (Å²) in [5.74, 6) is 1.08. The maximum atomic E-state index is 12.7. The first-order valence-electron chi connectivity index (χ1n) is 10.7. The van der Waals surface area contributed by atoms with E-state index in [-0.39, 0.29) is 5.91 Å². The third-order valence-corrected chi connectivity index (χ3v) is 7.06. The minimum atomic E-state index is 0.157. The van der Waals surface area contributed by atoms with E-state index >= 15 is 0 Å². The maximum absolute atomic E-state index is 12.7. The Kier molecular flexibility index (Phi) is 5.44. The van der Waals surface area contributed by atoms with Gasteiger partial charge >= 0.3 is 0 Å². The number of imidazole rings is 1. The van der Waals surface area contributed by atoms with E-state index in [1.165, 1.54) is 28.4 Å². The van der Waals surface area contributed by atoms with Crippen LogP contribution in [0.3, 0.4) is 0 Å². The lowest BCUT2D eigenvalue weighted by molar-refractivity contribution is -0.129. The van der Waals surface area contributed by atoms with Crippen LogP contribution in [0.4, 0.5) is 0 Å². The van der Waals surface area contributed by atoms with Gasteiger partial charge in [0.05, 0.1) is 23.1 Å². The van der Waals surface area contributed by atoms with Crippen LogP contribution in [0, 0.1) is 19.8 Å². The van der Waals surface area contributed by atoms with Crippen LogP contribution in [0.1, 0.15) is 24.0 Å². The summed E-state index contributed by atoms with van der Waals surface area (Å²) in [6, 6.07) is 12.1. The molecule has 0 spiro atoms. The first-order valence-corrected chi connectivity index (χ1v) is 11.7. The molecule has 3 heterocycles. The van der Waals surface area contributed by atoms with Crippen LogP contribution in [-0.4, -0.2) is 44.2 Å². The molecular weight excluding hydrogens is 408 g/mol. The van der Waals surface area contributed by atoms with Gasteiger partial charge in [0.15, 0.2) is 5.58 Å². The molecule has 2 aromatic carbocycles. The number of fused-ring (bicyclic) bond motifs is 2. The number of carbonyl (C=O) groups is 1. The number of likely N-dealkylation sites (tertiary alicyclic amines) is 1. The van der Waals surface area contributed by atoms with Crippen molar-refractivity contribution < 1.29 is 9.21 Å². The van der Waals surface area contributed by atoms with Gasteiger partial charge in [-0.2, -0.15) is 0 Å². The molecule has 4 aromatic rings. The van der Waals surface area contributed by atoms with Crippen LogP contribution in [0.15, 0.2) is 52.4 Å². The molecule has 2 aromatic heterocycles. The third-order valence-electron chi connectivity index (χ3n) is 6.25. The molecule has 0 aliphatic carbocycles. The standard InChI is InChI=1S/C24H26N4O2S/c1-16-11-20-21(12-17(16)2)28(15-25-20)13-18-7-9-27(10-8-18)23(29)14-31-24-26-19-5-3-4-6-22(19)30-24/h3-6,11-12,15,18H,7-10,13-14H2,1-2H3. The number of aromatic nitrogens is 3. The lowest BCUT2D eigenvalue weighted by Gasteiger charge is -2.32. The van der Waals surface area contributed by atoms with Crippen molar-refractivity contribution in [2.75, 3.05) is 18.8 Å². The maximum Gasteiger partial charge on any atom is 0.257 e. The average Bonchev–Trinajstić information content (AvgIpc) is 3.37. The van der Waals surface area contributed by atoms with Crippen molar-refractivity contribution in [3.8, 4) is 0 Å². The van der Waals surface area contributed by atoms with Gasteiger partial charge < -0.3 is 13.9 Å². The van der Waals surface area contributed by atoms with Gasteiger partial charge in [0.2, 0.25) is 5.91 Å². The number of benzene rings is 2. The minimum Gasteiger partial charge on any atom is -0.431 e. The van der Waals surface area contributed by atoms with E-state index in [0.29, 0.717) is 16.9 Å². The van der Waals surface area contributed by atoms with E-state index in [1.807, 2.05) is 35.5 Å². The molecule has 1 fully saturated rings. The van der Waals surface area contributed by atoms with E-state index in [2.05, 4.69) is 40.5 Å². The van der Waals surface area contributed by atoms with Crippen molar-refractivity contribution >= 4 is 39.8 Å². The largest absolute Gasteiger partial charge is 0.431 e. The van der Waals surface area contributed by atoms with Gasteiger partial charge in [-0.15, -0.1) is 0 Å². The zero-order chi connectivity index (χ0) is 21.4. The topological polar surface area (TPSA) is 64.2 Å². The average molecular weight is 435 g/mol. The fourth-order valence-electron chi connectivity index (χ4n) is 4.23. The van der Waals surface area contributed by atoms with E-state index in [4.69, 9.17) is 4.42 Å². The summed E-state index contributed by atoms with van der Waals surface area (Å²) in [5, 5.41) is 0.557. The number of para-hydroxylation sites is 2. The predicted octanol–water partition coefficient (Wildman–Crippen LogP) is 4.83. The molecule has 1 aliphatic rings. The van der Waals surface area contributed by atoms with E-state index in [9.17, 15) is 4.79 Å². The van der Waals surface area contributed by atoms with Crippen molar-refractivity contribution in [1.82, 2.24) is 19.4 Å². The number of hydrogen-bond acceptors (Lipinski definition) is 5. The first-order chi connectivity index (χ1) is 15.1. The van der Waals surface area contributed by atoms with Gasteiger partial charge in [-0.25, -0.2) is 9.97 Å². The molecular formula is C24H26N4O2S. The van der Waals surface area contributed by atoms with Gasteiger partial charge in [0, 0.05) is 19.6 Å². The summed E-state index contributed by atoms with van der Waals surface area (Å²) in [6.07, 6.45) is 3.99. The highest BCUT2D eigenvalue weighted by Crippen LogP contribution is 2.26. The quantitative estimate of drug-likeness (QED) is 0.421. The number of thioether (sulfide) groups is 1. The van der Waals surface area contributed by atoms with Gasteiger partial charge in [-0.3, -0.25) is 4.79 Å². The number of oxazole rings is 1.